The van der Waals surface area contributed by atoms with E-state index in [0.29, 0.717) is 12.6 Å². The fraction of sp³-hybridized carbons (Fsp3) is 0.562. The molecular formula is C16H22N2O2. The van der Waals surface area contributed by atoms with Crippen LogP contribution in [0.25, 0.3) is 11.0 Å². The Hall–Kier alpha value is -1.71. The van der Waals surface area contributed by atoms with Crippen molar-refractivity contribution in [2.75, 3.05) is 6.61 Å². The number of nitrogens with zero attached hydrogens (tertiary/aromatic N) is 1. The standard InChI is InChI=1S/C16H22N2O2/c1-2-20-13-9-10-14-15(11-13)18(16(19)17-14)12-7-5-3-4-6-8-12/h9-12H,2-8H2,1H3,(H,17,19). The van der Waals surface area contributed by atoms with E-state index < -0.39 is 0 Å². The third kappa shape index (κ3) is 2.47. The molecule has 2 aromatic rings. The molecule has 0 amide bonds. The van der Waals surface area contributed by atoms with Gasteiger partial charge >= 0.3 is 5.69 Å². The molecule has 20 heavy (non-hydrogen) atoms. The van der Waals surface area contributed by atoms with E-state index in [0.717, 1.165) is 29.6 Å². The minimum Gasteiger partial charge on any atom is -0.494 e. The van der Waals surface area contributed by atoms with Gasteiger partial charge in [-0.2, -0.15) is 0 Å². The molecule has 1 heterocycles. The van der Waals surface area contributed by atoms with Crippen molar-refractivity contribution in [3.63, 3.8) is 0 Å². The molecule has 108 valence electrons. The van der Waals surface area contributed by atoms with Crippen LogP contribution in [-0.4, -0.2) is 16.2 Å². The van der Waals surface area contributed by atoms with Crippen molar-refractivity contribution < 1.29 is 4.74 Å². The summed E-state index contributed by atoms with van der Waals surface area (Å²) in [4.78, 5) is 15.3. The quantitative estimate of drug-likeness (QED) is 0.869. The predicted molar refractivity (Wildman–Crippen MR) is 80.5 cm³/mol. The Balaban J connectivity index is 2.05. The molecule has 0 bridgehead atoms. The Bertz CT molecular complexity index is 633. The van der Waals surface area contributed by atoms with Gasteiger partial charge in [-0.25, -0.2) is 4.79 Å². The summed E-state index contributed by atoms with van der Waals surface area (Å²) < 4.78 is 7.51. The summed E-state index contributed by atoms with van der Waals surface area (Å²) in [5, 5.41) is 0. The van der Waals surface area contributed by atoms with Gasteiger partial charge in [0.1, 0.15) is 5.75 Å². The molecule has 3 rings (SSSR count). The molecule has 4 nitrogen and oxygen atoms in total. The molecule has 1 aromatic heterocycles. The zero-order valence-electron chi connectivity index (χ0n) is 12.0. The van der Waals surface area contributed by atoms with Crippen molar-refractivity contribution in [2.24, 2.45) is 0 Å². The second-order valence-corrected chi connectivity index (χ2v) is 5.56. The Morgan fingerprint density at radius 2 is 2.00 bits per heavy atom. The molecule has 0 atom stereocenters. The summed E-state index contributed by atoms with van der Waals surface area (Å²) in [6.07, 6.45) is 7.22. The first-order valence-electron chi connectivity index (χ1n) is 7.66. The van der Waals surface area contributed by atoms with Gasteiger partial charge in [0.25, 0.3) is 0 Å². The molecule has 0 aliphatic heterocycles. The highest BCUT2D eigenvalue weighted by Crippen LogP contribution is 2.29. The SMILES string of the molecule is CCOc1ccc2[nH]c(=O)n(C3CCCCCC3)c2c1. The van der Waals surface area contributed by atoms with Gasteiger partial charge in [0.05, 0.1) is 17.6 Å². The van der Waals surface area contributed by atoms with Crippen LogP contribution >= 0.6 is 0 Å². The summed E-state index contributed by atoms with van der Waals surface area (Å²) in [5.41, 5.74) is 1.90. The molecule has 1 fully saturated rings. The zero-order chi connectivity index (χ0) is 13.9. The summed E-state index contributed by atoms with van der Waals surface area (Å²) in [5.74, 6) is 0.835. The topological polar surface area (TPSA) is 47.0 Å². The maximum atomic E-state index is 12.3. The summed E-state index contributed by atoms with van der Waals surface area (Å²) in [6.45, 7) is 2.61. The highest BCUT2D eigenvalue weighted by atomic mass is 16.5. The van der Waals surface area contributed by atoms with Crippen LogP contribution in [0.3, 0.4) is 0 Å². The molecule has 1 aromatic carbocycles. The van der Waals surface area contributed by atoms with E-state index in [4.69, 9.17) is 4.74 Å². The Labute approximate surface area is 118 Å². The van der Waals surface area contributed by atoms with Gasteiger partial charge in [-0.05, 0) is 31.9 Å². The lowest BCUT2D eigenvalue weighted by Crippen LogP contribution is -2.22. The molecule has 0 radical (unpaired) electrons. The Morgan fingerprint density at radius 3 is 2.70 bits per heavy atom. The summed E-state index contributed by atoms with van der Waals surface area (Å²) >= 11 is 0. The maximum absolute atomic E-state index is 12.3. The first-order chi connectivity index (χ1) is 9.79. The van der Waals surface area contributed by atoms with Crippen LogP contribution in [0.1, 0.15) is 51.5 Å². The molecule has 1 aliphatic carbocycles. The normalized spacial score (nSPS) is 17.2. The van der Waals surface area contributed by atoms with Gasteiger partial charge in [0.2, 0.25) is 0 Å². The lowest BCUT2D eigenvalue weighted by atomic mass is 10.1. The number of benzene rings is 1. The monoisotopic (exact) mass is 274 g/mol. The van der Waals surface area contributed by atoms with Gasteiger partial charge < -0.3 is 9.72 Å². The first-order valence-corrected chi connectivity index (χ1v) is 7.66. The number of hydrogen-bond donors (Lipinski definition) is 1. The lowest BCUT2D eigenvalue weighted by Gasteiger charge is -2.16. The number of aromatic amines is 1. The van der Waals surface area contributed by atoms with Gasteiger partial charge in [0.15, 0.2) is 0 Å². The van der Waals surface area contributed by atoms with Crippen molar-refractivity contribution in [3.05, 3.63) is 28.7 Å². The second-order valence-electron chi connectivity index (χ2n) is 5.56. The average molecular weight is 274 g/mol. The fourth-order valence-corrected chi connectivity index (χ4v) is 3.24. The van der Waals surface area contributed by atoms with E-state index in [1.807, 2.05) is 29.7 Å². The van der Waals surface area contributed by atoms with Crippen LogP contribution in [0.15, 0.2) is 23.0 Å². The number of imidazole rings is 1. The summed E-state index contributed by atoms with van der Waals surface area (Å²) in [7, 11) is 0. The Morgan fingerprint density at radius 1 is 1.25 bits per heavy atom. The Kier molecular flexibility index (Phi) is 3.81. The highest BCUT2D eigenvalue weighted by Gasteiger charge is 2.19. The van der Waals surface area contributed by atoms with Gasteiger partial charge in [-0.1, -0.05) is 25.7 Å². The van der Waals surface area contributed by atoms with Crippen LogP contribution in [0.5, 0.6) is 5.75 Å². The smallest absolute Gasteiger partial charge is 0.326 e. The molecular weight excluding hydrogens is 252 g/mol. The van der Waals surface area contributed by atoms with Crippen LogP contribution in [0, 0.1) is 0 Å². The van der Waals surface area contributed by atoms with E-state index in [1.165, 1.54) is 25.7 Å². The second kappa shape index (κ2) is 5.73. The van der Waals surface area contributed by atoms with E-state index in [-0.39, 0.29) is 5.69 Å². The molecule has 0 unspecified atom stereocenters. The largest absolute Gasteiger partial charge is 0.494 e. The lowest BCUT2D eigenvalue weighted by molar-refractivity contribution is 0.340. The number of nitrogens with one attached hydrogen (secondary N) is 1. The van der Waals surface area contributed by atoms with Gasteiger partial charge in [-0.15, -0.1) is 0 Å². The fourth-order valence-electron chi connectivity index (χ4n) is 3.24. The van der Waals surface area contributed by atoms with Crippen LogP contribution in [0.2, 0.25) is 0 Å². The average Bonchev–Trinajstić information content (AvgIpc) is 2.63. The van der Waals surface area contributed by atoms with Crippen LogP contribution < -0.4 is 10.4 Å². The van der Waals surface area contributed by atoms with E-state index in [1.54, 1.807) is 0 Å². The van der Waals surface area contributed by atoms with Crippen molar-refractivity contribution in [1.29, 1.82) is 0 Å². The van der Waals surface area contributed by atoms with E-state index in [2.05, 4.69) is 4.98 Å². The third-order valence-corrected chi connectivity index (χ3v) is 4.19. The van der Waals surface area contributed by atoms with E-state index in [9.17, 15) is 4.79 Å². The minimum atomic E-state index is 0.0144. The zero-order valence-corrected chi connectivity index (χ0v) is 12.0. The number of rotatable bonds is 3. The molecule has 0 spiro atoms. The number of fused-ring (bicyclic) bond motifs is 1. The van der Waals surface area contributed by atoms with Crippen LogP contribution in [-0.2, 0) is 0 Å². The number of hydrogen-bond acceptors (Lipinski definition) is 2. The van der Waals surface area contributed by atoms with Crippen molar-refractivity contribution in [3.8, 4) is 5.75 Å². The maximum Gasteiger partial charge on any atom is 0.326 e. The first kappa shape index (κ1) is 13.3. The molecule has 4 heteroatoms. The molecule has 1 saturated carbocycles. The highest BCUT2D eigenvalue weighted by molar-refractivity contribution is 5.77. The molecule has 0 saturated heterocycles. The summed E-state index contributed by atoms with van der Waals surface area (Å²) in [6, 6.07) is 6.17. The number of H-pyrrole nitrogens is 1. The predicted octanol–water partition coefficient (Wildman–Crippen LogP) is 3.62. The third-order valence-electron chi connectivity index (χ3n) is 4.19. The number of aromatic nitrogens is 2. The molecule has 1 N–H and O–H groups in total. The number of ether oxygens (including phenoxy) is 1. The van der Waals surface area contributed by atoms with Crippen molar-refractivity contribution in [2.45, 2.75) is 51.5 Å². The minimum absolute atomic E-state index is 0.0144. The van der Waals surface area contributed by atoms with Crippen LogP contribution in [0.4, 0.5) is 0 Å². The van der Waals surface area contributed by atoms with Gasteiger partial charge in [0, 0.05) is 12.1 Å². The van der Waals surface area contributed by atoms with Gasteiger partial charge in [-0.3, -0.25) is 4.57 Å². The molecule has 1 aliphatic rings. The van der Waals surface area contributed by atoms with Crippen molar-refractivity contribution >= 4 is 11.0 Å². The van der Waals surface area contributed by atoms with E-state index >= 15 is 0 Å². The van der Waals surface area contributed by atoms with Crippen molar-refractivity contribution in [1.82, 2.24) is 9.55 Å².